The molecular formula is C23H25FN4OS. The summed E-state index contributed by atoms with van der Waals surface area (Å²) in [6.07, 6.45) is 3.85. The van der Waals surface area contributed by atoms with Crippen molar-refractivity contribution < 1.29 is 9.18 Å². The highest BCUT2D eigenvalue weighted by Gasteiger charge is 2.50. The fourth-order valence-electron chi connectivity index (χ4n) is 4.76. The number of thioether (sulfide) groups is 1. The van der Waals surface area contributed by atoms with Crippen LogP contribution in [0.25, 0.3) is 0 Å². The first-order valence-corrected chi connectivity index (χ1v) is 11.5. The molecule has 7 heteroatoms. The minimum atomic E-state index is -0.278. The van der Waals surface area contributed by atoms with Gasteiger partial charge in [0, 0.05) is 18.3 Å². The van der Waals surface area contributed by atoms with Crippen LogP contribution >= 0.6 is 11.8 Å². The summed E-state index contributed by atoms with van der Waals surface area (Å²) in [6, 6.07) is 17.1. The van der Waals surface area contributed by atoms with Crippen molar-refractivity contribution in [1.82, 2.24) is 15.2 Å². The van der Waals surface area contributed by atoms with Crippen LogP contribution in [0.5, 0.6) is 0 Å². The Balaban J connectivity index is 1.39. The van der Waals surface area contributed by atoms with Crippen LogP contribution in [-0.4, -0.2) is 33.2 Å². The highest BCUT2D eigenvalue weighted by atomic mass is 32.2. The number of carbonyl (C=O) groups is 1. The Bertz CT molecular complexity index is 953. The molecule has 156 valence electrons. The average molecular weight is 425 g/mol. The van der Waals surface area contributed by atoms with Crippen molar-refractivity contribution in [3.63, 3.8) is 0 Å². The lowest BCUT2D eigenvalue weighted by Gasteiger charge is -2.50. The maximum Gasteiger partial charge on any atom is 0.231 e. The van der Waals surface area contributed by atoms with E-state index < -0.39 is 0 Å². The van der Waals surface area contributed by atoms with Crippen LogP contribution in [0.1, 0.15) is 36.8 Å². The van der Waals surface area contributed by atoms with Crippen molar-refractivity contribution in [2.75, 3.05) is 0 Å². The van der Waals surface area contributed by atoms with Gasteiger partial charge in [-0.25, -0.2) is 4.39 Å². The van der Waals surface area contributed by atoms with E-state index in [4.69, 9.17) is 0 Å². The number of halogens is 1. The number of fused-ring (bicyclic) bond motifs is 3. The van der Waals surface area contributed by atoms with E-state index in [0.717, 1.165) is 36.4 Å². The normalized spacial score (nSPS) is 25.4. The van der Waals surface area contributed by atoms with Gasteiger partial charge >= 0.3 is 0 Å². The lowest BCUT2D eigenvalue weighted by Crippen LogP contribution is -2.66. The van der Waals surface area contributed by atoms with E-state index in [-0.39, 0.29) is 30.0 Å². The van der Waals surface area contributed by atoms with Gasteiger partial charge in [0.05, 0.1) is 5.92 Å². The highest BCUT2D eigenvalue weighted by Crippen LogP contribution is 2.39. The summed E-state index contributed by atoms with van der Waals surface area (Å²) in [5, 5.41) is 5.43. The van der Waals surface area contributed by atoms with Crippen molar-refractivity contribution in [2.24, 2.45) is 11.0 Å². The summed E-state index contributed by atoms with van der Waals surface area (Å²) in [7, 11) is 0. The second-order valence-corrected chi connectivity index (χ2v) is 9.04. The Hall–Kier alpha value is -2.54. The SMILES string of the molecule is O=C1C2CCCCC2N2C(SCc3ccccc3F)=NNC2N1Cc1ccccc1. The van der Waals surface area contributed by atoms with Gasteiger partial charge in [-0.1, -0.05) is 73.1 Å². The zero-order chi connectivity index (χ0) is 20.5. The molecule has 2 fully saturated rings. The van der Waals surface area contributed by atoms with Gasteiger partial charge in [0.15, 0.2) is 11.5 Å². The monoisotopic (exact) mass is 424 g/mol. The minimum absolute atomic E-state index is 0.00197. The molecule has 0 spiro atoms. The Labute approximate surface area is 180 Å². The molecule has 1 saturated heterocycles. The molecule has 1 aliphatic carbocycles. The number of hydrogen-bond acceptors (Lipinski definition) is 5. The van der Waals surface area contributed by atoms with Gasteiger partial charge in [0.1, 0.15) is 5.82 Å². The van der Waals surface area contributed by atoms with Crippen molar-refractivity contribution in [3.05, 3.63) is 71.5 Å². The topological polar surface area (TPSA) is 47.9 Å². The van der Waals surface area contributed by atoms with E-state index in [9.17, 15) is 9.18 Å². The van der Waals surface area contributed by atoms with Crippen molar-refractivity contribution in [3.8, 4) is 0 Å². The second-order valence-electron chi connectivity index (χ2n) is 8.09. The molecule has 3 aliphatic rings. The van der Waals surface area contributed by atoms with E-state index in [0.29, 0.717) is 17.9 Å². The predicted molar refractivity (Wildman–Crippen MR) is 117 cm³/mol. The Morgan fingerprint density at radius 2 is 1.83 bits per heavy atom. The first-order chi connectivity index (χ1) is 14.7. The predicted octanol–water partition coefficient (Wildman–Crippen LogP) is 4.12. The van der Waals surface area contributed by atoms with Gasteiger partial charge in [-0.15, -0.1) is 0 Å². The summed E-state index contributed by atoms with van der Waals surface area (Å²) < 4.78 is 14.1. The summed E-state index contributed by atoms with van der Waals surface area (Å²) in [4.78, 5) is 17.6. The van der Waals surface area contributed by atoms with E-state index in [2.05, 4.69) is 15.4 Å². The molecule has 2 aromatic rings. The Morgan fingerprint density at radius 3 is 2.67 bits per heavy atom. The number of amidine groups is 1. The van der Waals surface area contributed by atoms with Crippen LogP contribution in [-0.2, 0) is 17.1 Å². The third-order valence-corrected chi connectivity index (χ3v) is 7.27. The molecule has 1 amide bonds. The Kier molecular flexibility index (Phi) is 5.37. The number of benzene rings is 2. The first kappa shape index (κ1) is 19.4. The summed E-state index contributed by atoms with van der Waals surface area (Å²) in [5.74, 6) is 0.536. The molecule has 3 unspecified atom stereocenters. The molecular weight excluding hydrogens is 399 g/mol. The smallest absolute Gasteiger partial charge is 0.231 e. The second kappa shape index (κ2) is 8.30. The van der Waals surface area contributed by atoms with Crippen LogP contribution < -0.4 is 5.43 Å². The van der Waals surface area contributed by atoms with E-state index in [1.54, 1.807) is 6.07 Å². The van der Waals surface area contributed by atoms with Crippen molar-refractivity contribution >= 4 is 22.8 Å². The number of carbonyl (C=O) groups excluding carboxylic acids is 1. The van der Waals surface area contributed by atoms with Gasteiger partial charge in [-0.3, -0.25) is 15.1 Å². The fourth-order valence-corrected chi connectivity index (χ4v) is 5.78. The van der Waals surface area contributed by atoms with Crippen LogP contribution in [0.15, 0.2) is 59.7 Å². The summed E-state index contributed by atoms with van der Waals surface area (Å²) in [6.45, 7) is 0.553. The van der Waals surface area contributed by atoms with Crippen molar-refractivity contribution in [2.45, 2.75) is 50.3 Å². The number of nitrogens with zero attached hydrogens (tertiary/aromatic N) is 3. The third kappa shape index (κ3) is 3.55. The van der Waals surface area contributed by atoms with Gasteiger partial charge in [-0.2, -0.15) is 5.10 Å². The molecule has 2 aliphatic heterocycles. The van der Waals surface area contributed by atoms with Crippen LogP contribution in [0, 0.1) is 11.7 Å². The maximum absolute atomic E-state index is 14.1. The molecule has 2 heterocycles. The molecule has 1 N–H and O–H groups in total. The molecule has 3 atom stereocenters. The minimum Gasteiger partial charge on any atom is -0.307 e. The molecule has 30 heavy (non-hydrogen) atoms. The zero-order valence-electron chi connectivity index (χ0n) is 16.7. The summed E-state index contributed by atoms with van der Waals surface area (Å²) in [5.41, 5.74) is 4.97. The van der Waals surface area contributed by atoms with Gasteiger partial charge < -0.3 is 4.90 Å². The lowest BCUT2D eigenvalue weighted by molar-refractivity contribution is -0.156. The molecule has 5 nitrogen and oxygen atoms in total. The van der Waals surface area contributed by atoms with Gasteiger partial charge in [-0.05, 0) is 30.0 Å². The van der Waals surface area contributed by atoms with E-state index >= 15 is 0 Å². The van der Waals surface area contributed by atoms with Crippen LogP contribution in [0.3, 0.4) is 0 Å². The average Bonchev–Trinajstić information content (AvgIpc) is 3.21. The van der Waals surface area contributed by atoms with Crippen LogP contribution in [0.4, 0.5) is 4.39 Å². The van der Waals surface area contributed by atoms with Crippen LogP contribution in [0.2, 0.25) is 0 Å². The molecule has 0 aromatic heterocycles. The van der Waals surface area contributed by atoms with Gasteiger partial charge in [0.25, 0.3) is 0 Å². The highest BCUT2D eigenvalue weighted by molar-refractivity contribution is 8.13. The largest absolute Gasteiger partial charge is 0.307 e. The number of hydrogen-bond donors (Lipinski definition) is 1. The quantitative estimate of drug-likeness (QED) is 0.802. The fraction of sp³-hybridized carbons (Fsp3) is 0.391. The number of amides is 1. The first-order valence-electron chi connectivity index (χ1n) is 10.5. The zero-order valence-corrected chi connectivity index (χ0v) is 17.5. The van der Waals surface area contributed by atoms with E-state index in [1.165, 1.54) is 17.8 Å². The van der Waals surface area contributed by atoms with E-state index in [1.807, 2.05) is 47.4 Å². The molecule has 2 aromatic carbocycles. The maximum atomic E-state index is 14.1. The number of rotatable bonds is 4. The molecule has 5 rings (SSSR count). The molecule has 0 bridgehead atoms. The standard InChI is InChI=1S/C23H25FN4OS/c24-19-12-6-4-10-17(19)15-30-23-26-25-22-27(14-16-8-2-1-3-9-16)21(29)18-11-5-7-13-20(18)28(22)23/h1-4,6,8-10,12,18,20,22,25H,5,7,11,13-15H2. The summed E-state index contributed by atoms with van der Waals surface area (Å²) >= 11 is 1.54. The molecule has 0 radical (unpaired) electrons. The number of hydrazone groups is 1. The third-order valence-electron chi connectivity index (χ3n) is 6.25. The Morgan fingerprint density at radius 1 is 1.07 bits per heavy atom. The van der Waals surface area contributed by atoms with Gasteiger partial charge in [0.2, 0.25) is 5.91 Å². The lowest BCUT2D eigenvalue weighted by atomic mass is 9.81. The number of nitrogens with one attached hydrogen (secondary N) is 1. The van der Waals surface area contributed by atoms with Crippen molar-refractivity contribution in [1.29, 1.82) is 0 Å². The molecule has 1 saturated carbocycles.